The van der Waals surface area contributed by atoms with E-state index in [-0.39, 0.29) is 12.0 Å². The molecule has 2 aliphatic heterocycles. The van der Waals surface area contributed by atoms with Crippen LogP contribution in [0.3, 0.4) is 0 Å². The van der Waals surface area contributed by atoms with Gasteiger partial charge in [0.15, 0.2) is 0 Å². The topological polar surface area (TPSA) is 61.9 Å². The maximum atomic E-state index is 12.2. The molecule has 0 aromatic carbocycles. The van der Waals surface area contributed by atoms with Crippen molar-refractivity contribution in [2.45, 2.75) is 52.0 Å². The zero-order valence-corrected chi connectivity index (χ0v) is 14.6. The fraction of sp³-hybridized carbons (Fsp3) is 0.882. The van der Waals surface area contributed by atoms with Crippen molar-refractivity contribution in [1.82, 2.24) is 15.1 Å². The molecular weight excluding hydrogens is 294 g/mol. The minimum Gasteiger partial charge on any atom is -0.450 e. The first-order valence-electron chi connectivity index (χ1n) is 9.03. The van der Waals surface area contributed by atoms with Crippen LogP contribution in [-0.4, -0.2) is 67.2 Å². The van der Waals surface area contributed by atoms with E-state index in [2.05, 4.69) is 12.2 Å². The normalized spacial score (nSPS) is 23.0. The molecule has 2 saturated heterocycles. The molecule has 0 bridgehead atoms. The zero-order chi connectivity index (χ0) is 16.7. The van der Waals surface area contributed by atoms with Gasteiger partial charge in [-0.1, -0.05) is 6.92 Å². The molecule has 0 aliphatic carbocycles. The van der Waals surface area contributed by atoms with Crippen LogP contribution < -0.4 is 5.32 Å². The quantitative estimate of drug-likeness (QED) is 0.838. The molecule has 0 aromatic rings. The van der Waals surface area contributed by atoms with Crippen LogP contribution in [0.1, 0.15) is 46.0 Å². The third-order valence-corrected chi connectivity index (χ3v) is 4.80. The molecule has 2 rings (SSSR count). The molecular formula is C17H31N3O3. The van der Waals surface area contributed by atoms with Crippen molar-refractivity contribution in [1.29, 1.82) is 0 Å². The monoisotopic (exact) mass is 325 g/mol. The lowest BCUT2D eigenvalue weighted by atomic mass is 10.00. The molecule has 0 aromatic heterocycles. The van der Waals surface area contributed by atoms with E-state index in [1.54, 1.807) is 4.90 Å². The number of carbonyl (C=O) groups is 2. The third-order valence-electron chi connectivity index (χ3n) is 4.80. The van der Waals surface area contributed by atoms with Crippen LogP contribution in [-0.2, 0) is 9.53 Å². The van der Waals surface area contributed by atoms with E-state index in [1.807, 2.05) is 11.8 Å². The number of hydrogen-bond acceptors (Lipinski definition) is 4. The van der Waals surface area contributed by atoms with Crippen molar-refractivity contribution in [3.8, 4) is 0 Å². The molecule has 0 radical (unpaired) electrons. The van der Waals surface area contributed by atoms with Crippen molar-refractivity contribution < 1.29 is 14.3 Å². The molecule has 2 fully saturated rings. The average Bonchev–Trinajstić information content (AvgIpc) is 2.55. The Bertz CT molecular complexity index is 395. The van der Waals surface area contributed by atoms with Crippen LogP contribution in [0.25, 0.3) is 0 Å². The first-order valence-corrected chi connectivity index (χ1v) is 9.03. The highest BCUT2D eigenvalue weighted by molar-refractivity contribution is 5.76. The second-order valence-corrected chi connectivity index (χ2v) is 6.75. The SMILES string of the molecule is CCOC(=O)N1CCC(NCCC(=O)N2CCCC(C)C2)CC1. The Kier molecular flexibility index (Phi) is 7.15. The number of carbonyl (C=O) groups excluding carboxylic acids is 2. The minimum atomic E-state index is -0.208. The largest absolute Gasteiger partial charge is 0.450 e. The maximum absolute atomic E-state index is 12.2. The molecule has 2 amide bonds. The number of hydrogen-bond donors (Lipinski definition) is 1. The van der Waals surface area contributed by atoms with Gasteiger partial charge >= 0.3 is 6.09 Å². The Morgan fingerprint density at radius 1 is 1.13 bits per heavy atom. The average molecular weight is 325 g/mol. The highest BCUT2D eigenvalue weighted by atomic mass is 16.6. The van der Waals surface area contributed by atoms with Crippen LogP contribution in [0, 0.1) is 5.92 Å². The van der Waals surface area contributed by atoms with Gasteiger partial charge in [0.25, 0.3) is 0 Å². The number of nitrogens with one attached hydrogen (secondary N) is 1. The number of ether oxygens (including phenoxy) is 1. The summed E-state index contributed by atoms with van der Waals surface area (Å²) in [5, 5.41) is 3.47. The highest BCUT2D eigenvalue weighted by Crippen LogP contribution is 2.16. The van der Waals surface area contributed by atoms with Crippen LogP contribution in [0.4, 0.5) is 4.79 Å². The summed E-state index contributed by atoms with van der Waals surface area (Å²) in [7, 11) is 0. The van der Waals surface area contributed by atoms with E-state index in [9.17, 15) is 9.59 Å². The molecule has 6 heteroatoms. The van der Waals surface area contributed by atoms with Crippen LogP contribution in [0.2, 0.25) is 0 Å². The van der Waals surface area contributed by atoms with Crippen molar-refractivity contribution in [3.63, 3.8) is 0 Å². The number of nitrogens with zero attached hydrogens (tertiary/aromatic N) is 2. The third kappa shape index (κ3) is 5.68. The first-order chi connectivity index (χ1) is 11.1. The number of likely N-dealkylation sites (tertiary alicyclic amines) is 2. The summed E-state index contributed by atoms with van der Waals surface area (Å²) >= 11 is 0. The Morgan fingerprint density at radius 2 is 1.87 bits per heavy atom. The summed E-state index contributed by atoms with van der Waals surface area (Å²) in [5.74, 6) is 0.904. The lowest BCUT2D eigenvalue weighted by Gasteiger charge is -2.33. The molecule has 1 N–H and O–H groups in total. The van der Waals surface area contributed by atoms with Gasteiger partial charge in [0.05, 0.1) is 6.61 Å². The molecule has 2 heterocycles. The summed E-state index contributed by atoms with van der Waals surface area (Å²) in [6.07, 6.45) is 4.58. The predicted octanol–water partition coefficient (Wildman–Crippen LogP) is 1.85. The van der Waals surface area contributed by atoms with Crippen LogP contribution >= 0.6 is 0 Å². The van der Waals surface area contributed by atoms with E-state index < -0.39 is 0 Å². The van der Waals surface area contributed by atoms with Gasteiger partial charge in [-0.2, -0.15) is 0 Å². The fourth-order valence-electron chi connectivity index (χ4n) is 3.44. The molecule has 2 aliphatic rings. The van der Waals surface area contributed by atoms with Crippen molar-refractivity contribution in [2.75, 3.05) is 39.3 Å². The molecule has 0 spiro atoms. The molecule has 1 atom stereocenters. The van der Waals surface area contributed by atoms with Gasteiger partial charge in [-0.25, -0.2) is 4.79 Å². The zero-order valence-electron chi connectivity index (χ0n) is 14.6. The van der Waals surface area contributed by atoms with E-state index in [4.69, 9.17) is 4.74 Å². The molecule has 0 saturated carbocycles. The van der Waals surface area contributed by atoms with Gasteiger partial charge in [0.2, 0.25) is 5.91 Å². The van der Waals surface area contributed by atoms with Gasteiger partial charge in [0.1, 0.15) is 0 Å². The lowest BCUT2D eigenvalue weighted by Crippen LogP contribution is -2.46. The molecule has 1 unspecified atom stereocenters. The fourth-order valence-corrected chi connectivity index (χ4v) is 3.44. The maximum Gasteiger partial charge on any atom is 0.409 e. The Hall–Kier alpha value is -1.30. The molecule has 6 nitrogen and oxygen atoms in total. The van der Waals surface area contributed by atoms with Crippen molar-refractivity contribution >= 4 is 12.0 Å². The highest BCUT2D eigenvalue weighted by Gasteiger charge is 2.24. The second kappa shape index (κ2) is 9.11. The summed E-state index contributed by atoms with van der Waals surface area (Å²) in [6, 6.07) is 0.397. The van der Waals surface area contributed by atoms with Gasteiger partial charge in [-0.05, 0) is 38.5 Å². The smallest absolute Gasteiger partial charge is 0.409 e. The Morgan fingerprint density at radius 3 is 2.52 bits per heavy atom. The lowest BCUT2D eigenvalue weighted by molar-refractivity contribution is -0.132. The molecule has 23 heavy (non-hydrogen) atoms. The van der Waals surface area contributed by atoms with Crippen molar-refractivity contribution in [3.05, 3.63) is 0 Å². The summed E-state index contributed by atoms with van der Waals surface area (Å²) in [4.78, 5) is 27.6. The van der Waals surface area contributed by atoms with E-state index in [0.29, 0.717) is 25.0 Å². The summed E-state index contributed by atoms with van der Waals surface area (Å²) in [6.45, 7) is 8.49. The molecule has 132 valence electrons. The predicted molar refractivity (Wildman–Crippen MR) is 89.2 cm³/mol. The number of piperidine rings is 2. The first kappa shape index (κ1) is 18.0. The van der Waals surface area contributed by atoms with Gasteiger partial charge < -0.3 is 19.9 Å². The number of rotatable bonds is 5. The standard InChI is InChI=1S/C17H31N3O3/c1-3-23-17(22)19-11-7-15(8-12-19)18-9-6-16(21)20-10-4-5-14(2)13-20/h14-15,18H,3-13H2,1-2H3. The second-order valence-electron chi connectivity index (χ2n) is 6.75. The summed E-state index contributed by atoms with van der Waals surface area (Å²) in [5.41, 5.74) is 0. The van der Waals surface area contributed by atoms with Gasteiger partial charge in [0, 0.05) is 45.2 Å². The summed E-state index contributed by atoms with van der Waals surface area (Å²) < 4.78 is 5.02. The van der Waals surface area contributed by atoms with Gasteiger partial charge in [-0.3, -0.25) is 4.79 Å². The van der Waals surface area contributed by atoms with Crippen LogP contribution in [0.5, 0.6) is 0 Å². The number of amides is 2. The van der Waals surface area contributed by atoms with Gasteiger partial charge in [-0.15, -0.1) is 0 Å². The van der Waals surface area contributed by atoms with Crippen molar-refractivity contribution in [2.24, 2.45) is 5.92 Å². The van der Waals surface area contributed by atoms with E-state index in [0.717, 1.165) is 52.0 Å². The van der Waals surface area contributed by atoms with Crippen LogP contribution in [0.15, 0.2) is 0 Å². The van der Waals surface area contributed by atoms with E-state index in [1.165, 1.54) is 6.42 Å². The van der Waals surface area contributed by atoms with E-state index >= 15 is 0 Å². The Balaban J connectivity index is 1.60. The Labute approximate surface area is 139 Å². The minimum absolute atomic E-state index is 0.208.